The SMILES string of the molecule is Cc1cccc(N(C)C(CN)C2CCCO2)c1. The van der Waals surface area contributed by atoms with Crippen molar-refractivity contribution in [3.8, 4) is 0 Å². The third-order valence-corrected chi connectivity index (χ3v) is 3.54. The summed E-state index contributed by atoms with van der Waals surface area (Å²) in [5.74, 6) is 0. The number of nitrogens with two attached hydrogens (primary N) is 1. The summed E-state index contributed by atoms with van der Waals surface area (Å²) in [6.07, 6.45) is 2.56. The van der Waals surface area contributed by atoms with Crippen LogP contribution in [0, 0.1) is 6.92 Å². The monoisotopic (exact) mass is 234 g/mol. The van der Waals surface area contributed by atoms with Gasteiger partial charge >= 0.3 is 0 Å². The van der Waals surface area contributed by atoms with Crippen LogP contribution in [0.2, 0.25) is 0 Å². The molecule has 3 heteroatoms. The van der Waals surface area contributed by atoms with Crippen molar-refractivity contribution in [2.24, 2.45) is 5.73 Å². The van der Waals surface area contributed by atoms with Gasteiger partial charge in [0.05, 0.1) is 12.1 Å². The normalized spacial score (nSPS) is 21.5. The van der Waals surface area contributed by atoms with E-state index in [1.165, 1.54) is 11.3 Å². The quantitative estimate of drug-likeness (QED) is 0.865. The third-order valence-electron chi connectivity index (χ3n) is 3.54. The first-order chi connectivity index (χ1) is 8.22. The van der Waals surface area contributed by atoms with Crippen LogP contribution in [0.25, 0.3) is 0 Å². The largest absolute Gasteiger partial charge is 0.376 e. The van der Waals surface area contributed by atoms with Gasteiger partial charge in [-0.05, 0) is 37.5 Å². The molecule has 1 aliphatic rings. The van der Waals surface area contributed by atoms with Crippen LogP contribution in [0.5, 0.6) is 0 Å². The van der Waals surface area contributed by atoms with E-state index in [0.29, 0.717) is 6.54 Å². The van der Waals surface area contributed by atoms with Gasteiger partial charge in [0, 0.05) is 25.9 Å². The zero-order valence-corrected chi connectivity index (χ0v) is 10.7. The Balaban J connectivity index is 2.13. The van der Waals surface area contributed by atoms with Crippen molar-refractivity contribution in [2.75, 3.05) is 25.1 Å². The molecule has 3 nitrogen and oxygen atoms in total. The van der Waals surface area contributed by atoms with E-state index in [0.717, 1.165) is 19.4 Å². The van der Waals surface area contributed by atoms with E-state index in [4.69, 9.17) is 10.5 Å². The number of hydrogen-bond donors (Lipinski definition) is 1. The molecule has 1 aromatic carbocycles. The molecule has 0 aliphatic carbocycles. The van der Waals surface area contributed by atoms with Gasteiger partial charge in [0.1, 0.15) is 0 Å². The summed E-state index contributed by atoms with van der Waals surface area (Å²) in [5.41, 5.74) is 8.40. The topological polar surface area (TPSA) is 38.5 Å². The fourth-order valence-electron chi connectivity index (χ4n) is 2.50. The Labute approximate surface area is 104 Å². The molecule has 0 saturated carbocycles. The minimum Gasteiger partial charge on any atom is -0.376 e. The van der Waals surface area contributed by atoms with Crippen molar-refractivity contribution in [2.45, 2.75) is 31.9 Å². The van der Waals surface area contributed by atoms with E-state index >= 15 is 0 Å². The van der Waals surface area contributed by atoms with Crippen LogP contribution in [0.3, 0.4) is 0 Å². The minimum absolute atomic E-state index is 0.277. The summed E-state index contributed by atoms with van der Waals surface area (Å²) >= 11 is 0. The molecule has 94 valence electrons. The molecule has 2 atom stereocenters. The molecule has 0 amide bonds. The van der Waals surface area contributed by atoms with Crippen LogP contribution in [-0.2, 0) is 4.74 Å². The second kappa shape index (κ2) is 5.52. The minimum atomic E-state index is 0.277. The lowest BCUT2D eigenvalue weighted by Crippen LogP contribution is -2.46. The van der Waals surface area contributed by atoms with Crippen molar-refractivity contribution in [1.82, 2.24) is 0 Å². The highest BCUT2D eigenvalue weighted by atomic mass is 16.5. The maximum atomic E-state index is 5.91. The highest BCUT2D eigenvalue weighted by Gasteiger charge is 2.28. The van der Waals surface area contributed by atoms with Crippen molar-refractivity contribution >= 4 is 5.69 Å². The smallest absolute Gasteiger partial charge is 0.0791 e. The first kappa shape index (κ1) is 12.4. The number of ether oxygens (including phenoxy) is 1. The van der Waals surface area contributed by atoms with E-state index < -0.39 is 0 Å². The molecule has 17 heavy (non-hydrogen) atoms. The molecule has 0 spiro atoms. The van der Waals surface area contributed by atoms with Gasteiger partial charge in [-0.1, -0.05) is 12.1 Å². The number of hydrogen-bond acceptors (Lipinski definition) is 3. The lowest BCUT2D eigenvalue weighted by molar-refractivity contribution is 0.0907. The fourth-order valence-corrected chi connectivity index (χ4v) is 2.50. The molecule has 0 radical (unpaired) electrons. The van der Waals surface area contributed by atoms with Crippen LogP contribution in [0.15, 0.2) is 24.3 Å². The van der Waals surface area contributed by atoms with E-state index in [1.807, 2.05) is 0 Å². The second-order valence-corrected chi connectivity index (χ2v) is 4.80. The van der Waals surface area contributed by atoms with Gasteiger partial charge in [0.2, 0.25) is 0 Å². The van der Waals surface area contributed by atoms with Gasteiger partial charge in [0.25, 0.3) is 0 Å². The molecule has 2 N–H and O–H groups in total. The Morgan fingerprint density at radius 1 is 1.53 bits per heavy atom. The summed E-state index contributed by atoms with van der Waals surface area (Å²) in [6, 6.07) is 8.80. The summed E-state index contributed by atoms with van der Waals surface area (Å²) in [6.45, 7) is 3.62. The Hall–Kier alpha value is -1.06. The van der Waals surface area contributed by atoms with Crippen LogP contribution in [-0.4, -0.2) is 32.3 Å². The van der Waals surface area contributed by atoms with Crippen LogP contribution in [0.1, 0.15) is 18.4 Å². The van der Waals surface area contributed by atoms with Crippen molar-refractivity contribution < 1.29 is 4.74 Å². The predicted molar refractivity (Wildman–Crippen MR) is 71.4 cm³/mol. The van der Waals surface area contributed by atoms with E-state index in [9.17, 15) is 0 Å². The fraction of sp³-hybridized carbons (Fsp3) is 0.571. The van der Waals surface area contributed by atoms with Crippen molar-refractivity contribution in [3.05, 3.63) is 29.8 Å². The molecule has 1 aliphatic heterocycles. The van der Waals surface area contributed by atoms with Gasteiger partial charge in [-0.15, -0.1) is 0 Å². The Kier molecular flexibility index (Phi) is 4.02. The lowest BCUT2D eigenvalue weighted by atomic mass is 10.1. The molecule has 2 rings (SSSR count). The van der Waals surface area contributed by atoms with Gasteiger partial charge in [-0.25, -0.2) is 0 Å². The second-order valence-electron chi connectivity index (χ2n) is 4.80. The first-order valence-corrected chi connectivity index (χ1v) is 6.33. The zero-order valence-electron chi connectivity index (χ0n) is 10.7. The van der Waals surface area contributed by atoms with Crippen LogP contribution in [0.4, 0.5) is 5.69 Å². The highest BCUT2D eigenvalue weighted by molar-refractivity contribution is 5.49. The Bertz CT molecular complexity index is 361. The number of likely N-dealkylation sites (N-methyl/N-ethyl adjacent to an activating group) is 1. The van der Waals surface area contributed by atoms with Crippen molar-refractivity contribution in [3.63, 3.8) is 0 Å². The third kappa shape index (κ3) is 2.79. The van der Waals surface area contributed by atoms with Gasteiger partial charge in [0.15, 0.2) is 0 Å². The van der Waals surface area contributed by atoms with Crippen LogP contribution >= 0.6 is 0 Å². The molecule has 0 aromatic heterocycles. The lowest BCUT2D eigenvalue weighted by Gasteiger charge is -2.33. The molecular weight excluding hydrogens is 212 g/mol. The first-order valence-electron chi connectivity index (χ1n) is 6.33. The summed E-state index contributed by atoms with van der Waals surface area (Å²) in [7, 11) is 2.11. The maximum Gasteiger partial charge on any atom is 0.0791 e. The highest BCUT2D eigenvalue weighted by Crippen LogP contribution is 2.23. The Morgan fingerprint density at radius 3 is 2.94 bits per heavy atom. The summed E-state index contributed by atoms with van der Waals surface area (Å²) in [5, 5.41) is 0. The van der Waals surface area contributed by atoms with Gasteiger partial charge < -0.3 is 15.4 Å². The van der Waals surface area contributed by atoms with Crippen LogP contribution < -0.4 is 10.6 Å². The number of rotatable bonds is 4. The van der Waals surface area contributed by atoms with Crippen molar-refractivity contribution in [1.29, 1.82) is 0 Å². The molecule has 1 heterocycles. The Morgan fingerprint density at radius 2 is 2.35 bits per heavy atom. The number of nitrogens with zero attached hydrogens (tertiary/aromatic N) is 1. The summed E-state index contributed by atoms with van der Waals surface area (Å²) in [4.78, 5) is 2.25. The number of anilines is 1. The van der Waals surface area contributed by atoms with E-state index in [-0.39, 0.29) is 12.1 Å². The van der Waals surface area contributed by atoms with E-state index in [1.54, 1.807) is 0 Å². The average molecular weight is 234 g/mol. The van der Waals surface area contributed by atoms with E-state index in [2.05, 4.69) is 43.1 Å². The maximum absolute atomic E-state index is 5.91. The average Bonchev–Trinajstić information content (AvgIpc) is 2.83. The summed E-state index contributed by atoms with van der Waals surface area (Å²) < 4.78 is 5.76. The molecule has 2 unspecified atom stereocenters. The number of aryl methyl sites for hydroxylation is 1. The standard InChI is InChI=1S/C14H22N2O/c1-11-5-3-6-12(9-11)16(2)13(10-15)14-7-4-8-17-14/h3,5-6,9,13-14H,4,7-8,10,15H2,1-2H3. The molecule has 1 fully saturated rings. The predicted octanol–water partition coefficient (Wildman–Crippen LogP) is 1.94. The number of benzene rings is 1. The molecule has 1 saturated heterocycles. The molecular formula is C14H22N2O. The zero-order chi connectivity index (χ0) is 12.3. The van der Waals surface area contributed by atoms with Gasteiger partial charge in [-0.3, -0.25) is 0 Å². The molecule has 0 bridgehead atoms. The van der Waals surface area contributed by atoms with Gasteiger partial charge in [-0.2, -0.15) is 0 Å². The molecule has 1 aromatic rings.